The Morgan fingerprint density at radius 2 is 1.55 bits per heavy atom. The first-order valence-corrected chi connectivity index (χ1v) is 13.2. The lowest BCUT2D eigenvalue weighted by molar-refractivity contribution is 0.0963. The van der Waals surface area contributed by atoms with Gasteiger partial charge in [0.25, 0.3) is 5.91 Å². The highest BCUT2D eigenvalue weighted by Gasteiger charge is 2.26. The molecule has 0 radical (unpaired) electrons. The van der Waals surface area contributed by atoms with Crippen LogP contribution in [0.2, 0.25) is 0 Å². The number of nitrogens with two attached hydrogens (primary N) is 1. The molecule has 0 fully saturated rings. The van der Waals surface area contributed by atoms with E-state index in [1.165, 1.54) is 19.5 Å². The lowest BCUT2D eigenvalue weighted by atomic mass is 10.1. The molecule has 184 valence electrons. The summed E-state index contributed by atoms with van der Waals surface area (Å²) in [5.41, 5.74) is 0.765. The maximum atomic E-state index is 12.5. The summed E-state index contributed by atoms with van der Waals surface area (Å²) in [6.45, 7) is 9.86. The van der Waals surface area contributed by atoms with Crippen molar-refractivity contribution in [1.29, 1.82) is 0 Å². The van der Waals surface area contributed by atoms with Gasteiger partial charge in [-0.05, 0) is 37.1 Å². The molecule has 0 spiro atoms. The number of rotatable bonds is 11. The van der Waals surface area contributed by atoms with E-state index in [1.807, 2.05) is 6.07 Å². The maximum Gasteiger partial charge on any atom is 0.251 e. The summed E-state index contributed by atoms with van der Waals surface area (Å²) in [6.07, 6.45) is 5.05. The molecule has 0 heterocycles. The van der Waals surface area contributed by atoms with Crippen LogP contribution in [0.15, 0.2) is 47.4 Å². The smallest absolute Gasteiger partial charge is 0.251 e. The molecular weight excluding hydrogens is 438 g/mol. The highest BCUT2D eigenvalue weighted by atomic mass is 32.2. The van der Waals surface area contributed by atoms with Gasteiger partial charge >= 0.3 is 0 Å². The van der Waals surface area contributed by atoms with Gasteiger partial charge in [0.15, 0.2) is 5.75 Å². The number of ether oxygens (including phenoxy) is 1. The molecule has 0 aliphatic rings. The van der Waals surface area contributed by atoms with Gasteiger partial charge in [-0.3, -0.25) is 4.79 Å². The third-order valence-electron chi connectivity index (χ3n) is 4.70. The number of amides is 1. The van der Waals surface area contributed by atoms with Crippen molar-refractivity contribution in [3.8, 4) is 11.5 Å². The molecule has 0 aromatic heterocycles. The van der Waals surface area contributed by atoms with Gasteiger partial charge in [-0.15, -0.1) is 0 Å². The number of primary sulfonamides is 1. The van der Waals surface area contributed by atoms with Crippen molar-refractivity contribution in [2.45, 2.75) is 64.7 Å². The fraction of sp³-hybridized carbons (Fsp3) is 0.480. The molecule has 0 saturated carbocycles. The van der Waals surface area contributed by atoms with Gasteiger partial charge in [0, 0.05) is 25.7 Å². The number of sulfonamides is 1. The number of carbonyl (C=O) groups is 1. The van der Waals surface area contributed by atoms with Crippen molar-refractivity contribution in [2.24, 2.45) is 5.14 Å². The van der Waals surface area contributed by atoms with Crippen molar-refractivity contribution in [1.82, 2.24) is 5.32 Å². The molecule has 0 aliphatic carbocycles. The van der Waals surface area contributed by atoms with Crippen LogP contribution in [-0.2, 0) is 10.0 Å². The zero-order valence-corrected chi connectivity index (χ0v) is 21.4. The second-order valence-electron chi connectivity index (χ2n) is 7.76. The monoisotopic (exact) mass is 477 g/mol. The van der Waals surface area contributed by atoms with Crippen LogP contribution in [0.5, 0.6) is 11.5 Å². The van der Waals surface area contributed by atoms with Crippen LogP contribution >= 0.6 is 0 Å². The van der Waals surface area contributed by atoms with Gasteiger partial charge in [-0.25, -0.2) is 13.6 Å². The molecule has 0 saturated heterocycles. The minimum Gasteiger partial charge on any atom is -0.454 e. The first-order valence-electron chi connectivity index (χ1n) is 11.6. The number of carbonyl (C=O) groups excluding carboxylic acids is 1. The lowest BCUT2D eigenvalue weighted by Gasteiger charge is -2.28. The number of nitrogens with one attached hydrogen (secondary N) is 1. The highest BCUT2D eigenvalue weighted by molar-refractivity contribution is 7.89. The highest BCUT2D eigenvalue weighted by Crippen LogP contribution is 2.39. The van der Waals surface area contributed by atoms with Crippen molar-refractivity contribution < 1.29 is 17.9 Å². The fourth-order valence-electron chi connectivity index (χ4n) is 3.07. The first-order chi connectivity index (χ1) is 15.7. The summed E-state index contributed by atoms with van der Waals surface area (Å²) in [6, 6.07) is 11.9. The predicted molar refractivity (Wildman–Crippen MR) is 136 cm³/mol. The summed E-state index contributed by atoms with van der Waals surface area (Å²) < 4.78 is 31.0. The van der Waals surface area contributed by atoms with Crippen LogP contribution in [0.1, 0.15) is 70.2 Å². The van der Waals surface area contributed by atoms with Crippen LogP contribution < -0.4 is 20.1 Å². The van der Waals surface area contributed by atoms with Crippen LogP contribution in [0.4, 0.5) is 5.69 Å². The van der Waals surface area contributed by atoms with Crippen molar-refractivity contribution >= 4 is 21.6 Å². The fourth-order valence-corrected chi connectivity index (χ4v) is 3.76. The lowest BCUT2D eigenvalue weighted by Crippen LogP contribution is -2.28. The van der Waals surface area contributed by atoms with Gasteiger partial charge in [0.1, 0.15) is 10.6 Å². The third-order valence-corrected chi connectivity index (χ3v) is 5.61. The van der Waals surface area contributed by atoms with E-state index in [2.05, 4.69) is 37.9 Å². The molecule has 0 aliphatic heterocycles. The van der Waals surface area contributed by atoms with Crippen LogP contribution in [0.3, 0.4) is 0 Å². The van der Waals surface area contributed by atoms with Gasteiger partial charge in [0.05, 0.1) is 5.69 Å². The summed E-state index contributed by atoms with van der Waals surface area (Å²) in [4.78, 5) is 14.2. The van der Waals surface area contributed by atoms with E-state index < -0.39 is 15.9 Å². The van der Waals surface area contributed by atoms with Gasteiger partial charge in [-0.2, -0.15) is 0 Å². The molecule has 3 N–H and O–H groups in total. The quantitative estimate of drug-likeness (QED) is 0.457. The third kappa shape index (κ3) is 9.06. The second kappa shape index (κ2) is 14.5. The van der Waals surface area contributed by atoms with E-state index in [1.54, 1.807) is 30.3 Å². The van der Waals surface area contributed by atoms with Crippen LogP contribution in [-0.4, -0.2) is 34.5 Å². The molecular formula is C25H39N3O4S. The van der Waals surface area contributed by atoms with Crippen molar-refractivity contribution in [2.75, 3.05) is 25.0 Å². The van der Waals surface area contributed by atoms with E-state index >= 15 is 0 Å². The Morgan fingerprint density at radius 1 is 1.00 bits per heavy atom. The number of benzene rings is 2. The SMILES string of the molecule is CCC.CCCCN(CCCC)c1cc(C(=O)NC)cc(S(N)(=O)=O)c1Oc1ccccc1. The zero-order valence-electron chi connectivity index (χ0n) is 20.6. The Morgan fingerprint density at radius 3 is 2.00 bits per heavy atom. The van der Waals surface area contributed by atoms with Crippen LogP contribution in [0.25, 0.3) is 0 Å². The van der Waals surface area contributed by atoms with E-state index in [0.29, 0.717) is 24.5 Å². The second-order valence-corrected chi connectivity index (χ2v) is 9.29. The molecule has 8 heteroatoms. The number of nitrogens with zero attached hydrogens (tertiary/aromatic N) is 1. The first kappa shape index (κ1) is 28.5. The largest absolute Gasteiger partial charge is 0.454 e. The summed E-state index contributed by atoms with van der Waals surface area (Å²) in [5.74, 6) is 0.240. The molecule has 2 aromatic carbocycles. The van der Waals surface area contributed by atoms with E-state index in [-0.39, 0.29) is 16.2 Å². The average Bonchev–Trinajstić information content (AvgIpc) is 2.79. The van der Waals surface area contributed by atoms with E-state index in [0.717, 1.165) is 25.7 Å². The van der Waals surface area contributed by atoms with Crippen molar-refractivity contribution in [3.63, 3.8) is 0 Å². The summed E-state index contributed by atoms with van der Waals surface area (Å²) in [5, 5.41) is 8.08. The van der Waals surface area contributed by atoms with E-state index in [4.69, 9.17) is 9.88 Å². The summed E-state index contributed by atoms with van der Waals surface area (Å²) >= 11 is 0. The topological polar surface area (TPSA) is 102 Å². The number of anilines is 1. The Kier molecular flexibility index (Phi) is 12.5. The molecule has 1 amide bonds. The average molecular weight is 478 g/mol. The minimum absolute atomic E-state index is 0.142. The zero-order chi connectivity index (χ0) is 24.9. The Bertz CT molecular complexity index is 955. The summed E-state index contributed by atoms with van der Waals surface area (Å²) in [7, 11) is -2.65. The molecule has 0 bridgehead atoms. The number of hydrogen-bond acceptors (Lipinski definition) is 5. The van der Waals surface area contributed by atoms with Crippen molar-refractivity contribution in [3.05, 3.63) is 48.0 Å². The van der Waals surface area contributed by atoms with E-state index in [9.17, 15) is 13.2 Å². The molecule has 33 heavy (non-hydrogen) atoms. The Balaban J connectivity index is 0.00000172. The standard InChI is InChI=1S/C22H31N3O4S.C3H8/c1-4-6-13-25(14-7-5-2)19-15-17(22(26)24-3)16-20(30(23,27)28)21(19)29-18-11-9-8-10-12-18;1-3-2/h8-12,15-16H,4-7,13-14H2,1-3H3,(H,24,26)(H2,23,27,28);3H2,1-2H3. The molecule has 2 aromatic rings. The number of para-hydroxylation sites is 1. The molecule has 0 unspecified atom stereocenters. The molecule has 2 rings (SSSR count). The Hall–Kier alpha value is -2.58. The van der Waals surface area contributed by atoms with Gasteiger partial charge < -0.3 is 15.0 Å². The number of hydrogen-bond donors (Lipinski definition) is 2. The normalized spacial score (nSPS) is 10.7. The minimum atomic E-state index is -4.15. The maximum absolute atomic E-state index is 12.5. The molecule has 7 nitrogen and oxygen atoms in total. The van der Waals surface area contributed by atoms with Crippen LogP contribution in [0, 0.1) is 0 Å². The number of unbranched alkanes of at least 4 members (excludes halogenated alkanes) is 2. The Labute approximate surface area is 199 Å². The van der Waals surface area contributed by atoms with Gasteiger partial charge in [-0.1, -0.05) is 65.2 Å². The predicted octanol–water partition coefficient (Wildman–Crippen LogP) is 5.31. The van der Waals surface area contributed by atoms with Gasteiger partial charge in [0.2, 0.25) is 10.0 Å². The molecule has 0 atom stereocenters.